The van der Waals surface area contributed by atoms with Gasteiger partial charge in [0.25, 0.3) is 0 Å². The highest BCUT2D eigenvalue weighted by molar-refractivity contribution is 6.14. The van der Waals surface area contributed by atoms with Crippen molar-refractivity contribution in [2.45, 2.75) is 96.8 Å². The molecule has 2 aromatic carbocycles. The van der Waals surface area contributed by atoms with Gasteiger partial charge in [0.05, 0.1) is 23.3 Å². The first-order valence-corrected chi connectivity index (χ1v) is 14.6. The van der Waals surface area contributed by atoms with Crippen LogP contribution in [0.15, 0.2) is 57.7 Å². The van der Waals surface area contributed by atoms with E-state index in [1.807, 2.05) is 0 Å². The molecule has 2 N–H and O–H groups in total. The number of ether oxygens (including phenoxy) is 1. The van der Waals surface area contributed by atoms with Crippen LogP contribution in [0.25, 0.3) is 11.0 Å². The van der Waals surface area contributed by atoms with E-state index in [4.69, 9.17) is 14.6 Å². The van der Waals surface area contributed by atoms with Gasteiger partial charge in [0, 0.05) is 5.56 Å². The van der Waals surface area contributed by atoms with Crippen molar-refractivity contribution in [3.8, 4) is 5.75 Å². The lowest BCUT2D eigenvalue weighted by Gasteiger charge is -2.09. The molecule has 3 rings (SSSR count). The van der Waals surface area contributed by atoms with E-state index in [9.17, 15) is 14.7 Å². The van der Waals surface area contributed by atoms with E-state index in [0.717, 1.165) is 12.8 Å². The van der Waals surface area contributed by atoms with Gasteiger partial charge in [-0.1, -0.05) is 115 Å². The maximum atomic E-state index is 12.4. The van der Waals surface area contributed by atoms with Crippen LogP contribution in [0.2, 0.25) is 0 Å². The number of nitrogens with one attached hydrogen (secondary N) is 1. The average molecular weight is 534 g/mol. The third kappa shape index (κ3) is 9.38. The summed E-state index contributed by atoms with van der Waals surface area (Å²) in [7, 11) is 0. The first-order valence-electron chi connectivity index (χ1n) is 14.6. The van der Waals surface area contributed by atoms with E-state index in [-0.39, 0.29) is 22.6 Å². The van der Waals surface area contributed by atoms with E-state index in [1.165, 1.54) is 77.0 Å². The van der Waals surface area contributed by atoms with Crippen molar-refractivity contribution >= 4 is 22.7 Å². The van der Waals surface area contributed by atoms with Crippen molar-refractivity contribution in [2.24, 2.45) is 0 Å². The minimum absolute atomic E-state index is 0.172. The maximum Gasteiger partial charge on any atom is 0.349 e. The summed E-state index contributed by atoms with van der Waals surface area (Å²) >= 11 is 0. The molecule has 0 aliphatic rings. The van der Waals surface area contributed by atoms with Gasteiger partial charge in [0.1, 0.15) is 16.9 Å². The third-order valence-electron chi connectivity index (χ3n) is 7.18. The van der Waals surface area contributed by atoms with Gasteiger partial charge >= 0.3 is 11.6 Å². The van der Waals surface area contributed by atoms with E-state index in [0.29, 0.717) is 23.1 Å². The quantitative estimate of drug-likeness (QED) is 0.0738. The van der Waals surface area contributed by atoms with Gasteiger partial charge in [-0.2, -0.15) is 0 Å². The largest absolute Gasteiger partial charge is 0.506 e. The Kier molecular flexibility index (Phi) is 12.8. The number of benzene rings is 2. The Morgan fingerprint density at radius 2 is 1.28 bits per heavy atom. The number of hydrogen-bond donors (Lipinski definition) is 2. The Balaban J connectivity index is 1.32. The zero-order valence-corrected chi connectivity index (χ0v) is 23.3. The number of unbranched alkanes of at least 4 members (excludes halogenated alkanes) is 13. The van der Waals surface area contributed by atoms with Gasteiger partial charge in [0.15, 0.2) is 0 Å². The van der Waals surface area contributed by atoms with Crippen LogP contribution >= 0.6 is 0 Å². The molecular formula is C33H43NO5. The molecule has 6 heteroatoms. The molecule has 39 heavy (non-hydrogen) atoms. The first-order chi connectivity index (χ1) is 19.0. The van der Waals surface area contributed by atoms with Crippen molar-refractivity contribution in [1.82, 2.24) is 0 Å². The van der Waals surface area contributed by atoms with Crippen molar-refractivity contribution in [3.05, 3.63) is 75.6 Å². The molecule has 0 saturated heterocycles. The first kappa shape index (κ1) is 30.1. The van der Waals surface area contributed by atoms with Crippen LogP contribution in [-0.2, 0) is 4.74 Å². The number of carbonyl (C=O) groups excluding carboxylic acids is 1. The average Bonchev–Trinajstić information content (AvgIpc) is 2.95. The molecule has 0 aliphatic carbocycles. The fraction of sp³-hybridized carbons (Fsp3) is 0.485. The summed E-state index contributed by atoms with van der Waals surface area (Å²) in [4.78, 5) is 24.8. The summed E-state index contributed by atoms with van der Waals surface area (Å²) in [6.45, 7) is 2.65. The second-order valence-corrected chi connectivity index (χ2v) is 10.3. The molecule has 0 bridgehead atoms. The highest BCUT2D eigenvalue weighted by Crippen LogP contribution is 2.27. The second-order valence-electron chi connectivity index (χ2n) is 10.3. The molecule has 0 unspecified atom stereocenters. The number of para-hydroxylation sites is 1. The lowest BCUT2D eigenvalue weighted by molar-refractivity contribution is 0.0497. The molecule has 1 aromatic heterocycles. The Morgan fingerprint density at radius 1 is 0.769 bits per heavy atom. The van der Waals surface area contributed by atoms with Crippen molar-refractivity contribution in [3.63, 3.8) is 0 Å². The van der Waals surface area contributed by atoms with Crippen molar-refractivity contribution in [2.75, 3.05) is 6.61 Å². The number of carbonyl (C=O) groups is 1. The van der Waals surface area contributed by atoms with Crippen molar-refractivity contribution < 1.29 is 19.1 Å². The van der Waals surface area contributed by atoms with E-state index in [2.05, 4.69) is 6.92 Å². The SMILES string of the molecule is CCCCCCCCCCCCCCCCOC(=O)c1ccc(C(=N)c2c(O)c3ccccc3oc2=O)cc1. The van der Waals surface area contributed by atoms with E-state index < -0.39 is 11.6 Å². The smallest absolute Gasteiger partial charge is 0.349 e. The highest BCUT2D eigenvalue weighted by atomic mass is 16.5. The zero-order chi connectivity index (χ0) is 27.9. The van der Waals surface area contributed by atoms with Gasteiger partial charge in [-0.05, 0) is 30.7 Å². The van der Waals surface area contributed by atoms with Crippen LogP contribution in [-0.4, -0.2) is 23.4 Å². The monoisotopic (exact) mass is 533 g/mol. The van der Waals surface area contributed by atoms with Crippen LogP contribution in [0.4, 0.5) is 0 Å². The fourth-order valence-electron chi connectivity index (χ4n) is 4.82. The van der Waals surface area contributed by atoms with Gasteiger partial charge in [-0.15, -0.1) is 0 Å². The normalized spacial score (nSPS) is 11.1. The van der Waals surface area contributed by atoms with Crippen LogP contribution in [0.3, 0.4) is 0 Å². The molecule has 210 valence electrons. The third-order valence-corrected chi connectivity index (χ3v) is 7.18. The molecule has 0 radical (unpaired) electrons. The van der Waals surface area contributed by atoms with Crippen LogP contribution in [0.5, 0.6) is 5.75 Å². The molecule has 0 aliphatic heterocycles. The van der Waals surface area contributed by atoms with Gasteiger partial charge in [0.2, 0.25) is 0 Å². The summed E-state index contributed by atoms with van der Waals surface area (Å²) in [5.74, 6) is -0.695. The number of aromatic hydroxyl groups is 1. The summed E-state index contributed by atoms with van der Waals surface area (Å²) in [5, 5.41) is 19.4. The second kappa shape index (κ2) is 16.5. The summed E-state index contributed by atoms with van der Waals surface area (Å²) in [6, 6.07) is 12.9. The summed E-state index contributed by atoms with van der Waals surface area (Å²) in [6.07, 6.45) is 17.9. The lowest BCUT2D eigenvalue weighted by atomic mass is 10.0. The Bertz CT molecular complexity index is 1250. The molecule has 1 heterocycles. The molecule has 6 nitrogen and oxygen atoms in total. The molecule has 0 fully saturated rings. The lowest BCUT2D eigenvalue weighted by Crippen LogP contribution is -2.15. The zero-order valence-electron chi connectivity index (χ0n) is 23.3. The van der Waals surface area contributed by atoms with Crippen LogP contribution in [0.1, 0.15) is 118 Å². The molecule has 0 saturated carbocycles. The standard InChI is InChI=1S/C33H43NO5/c1-2-3-4-5-6-7-8-9-10-11-12-13-14-17-24-38-32(36)26-22-20-25(21-23-26)30(34)29-31(35)27-18-15-16-19-28(27)39-33(29)37/h15-16,18-23,34-35H,2-14,17,24H2,1H3. The van der Waals surface area contributed by atoms with Crippen molar-refractivity contribution in [1.29, 1.82) is 5.41 Å². The predicted octanol–water partition coefficient (Wildman–Crippen LogP) is 8.55. The molecule has 3 aromatic rings. The van der Waals surface area contributed by atoms with E-state index >= 15 is 0 Å². The van der Waals surface area contributed by atoms with Gasteiger partial charge in [-0.3, -0.25) is 5.41 Å². The summed E-state index contributed by atoms with van der Waals surface area (Å²) < 4.78 is 10.7. The molecule has 0 atom stereocenters. The Labute approximate surface area is 231 Å². The number of rotatable bonds is 18. The molecular weight excluding hydrogens is 490 g/mol. The Morgan fingerprint density at radius 3 is 1.87 bits per heavy atom. The van der Waals surface area contributed by atoms with E-state index in [1.54, 1.807) is 48.5 Å². The minimum atomic E-state index is -0.784. The minimum Gasteiger partial charge on any atom is -0.506 e. The van der Waals surface area contributed by atoms with Gasteiger partial charge < -0.3 is 14.3 Å². The van der Waals surface area contributed by atoms with Crippen LogP contribution < -0.4 is 5.63 Å². The Hall–Kier alpha value is -3.41. The van der Waals surface area contributed by atoms with Gasteiger partial charge in [-0.25, -0.2) is 9.59 Å². The topological polar surface area (TPSA) is 101 Å². The summed E-state index contributed by atoms with van der Waals surface area (Å²) in [5.41, 5.74) is -0.138. The molecule has 0 amide bonds. The maximum absolute atomic E-state index is 12.4. The highest BCUT2D eigenvalue weighted by Gasteiger charge is 2.19. The number of esters is 1. The molecule has 0 spiro atoms. The predicted molar refractivity (Wildman–Crippen MR) is 157 cm³/mol. The number of hydrogen-bond acceptors (Lipinski definition) is 6. The van der Waals surface area contributed by atoms with Crippen LogP contribution in [0, 0.1) is 5.41 Å². The number of fused-ring (bicyclic) bond motifs is 1. The fourth-order valence-corrected chi connectivity index (χ4v) is 4.82.